The van der Waals surface area contributed by atoms with E-state index in [1.807, 2.05) is 0 Å². The summed E-state index contributed by atoms with van der Waals surface area (Å²) in [5.74, 6) is -2.19. The molecule has 0 aliphatic heterocycles. The van der Waals surface area contributed by atoms with E-state index < -0.39 is 17.8 Å². The Morgan fingerprint density at radius 2 is 1.87 bits per heavy atom. The Morgan fingerprint density at radius 1 is 1.13 bits per heavy atom. The number of carbonyl (C=O) groups is 3. The molecule has 0 aliphatic rings. The zero-order valence-electron chi connectivity index (χ0n) is 12.6. The van der Waals surface area contributed by atoms with Crippen molar-refractivity contribution in [3.63, 3.8) is 0 Å². The molecule has 1 heterocycles. The van der Waals surface area contributed by atoms with E-state index in [0.29, 0.717) is 11.3 Å². The van der Waals surface area contributed by atoms with Gasteiger partial charge in [0, 0.05) is 18.9 Å². The van der Waals surface area contributed by atoms with Crippen molar-refractivity contribution in [3.8, 4) is 5.75 Å². The van der Waals surface area contributed by atoms with E-state index >= 15 is 0 Å². The molecule has 0 fully saturated rings. The normalized spacial score (nSPS) is 11.3. The van der Waals surface area contributed by atoms with Crippen LogP contribution in [0.25, 0.3) is 0 Å². The van der Waals surface area contributed by atoms with Crippen LogP contribution >= 0.6 is 0 Å². The van der Waals surface area contributed by atoms with Crippen molar-refractivity contribution in [1.29, 1.82) is 0 Å². The number of para-hydroxylation sites is 1. The second kappa shape index (κ2) is 7.84. The lowest BCUT2D eigenvalue weighted by Crippen LogP contribution is -2.38. The summed E-state index contributed by atoms with van der Waals surface area (Å²) in [6.07, 6.45) is 2.95. The van der Waals surface area contributed by atoms with Gasteiger partial charge in [-0.15, -0.1) is 0 Å². The molecule has 0 saturated carbocycles. The number of aromatic nitrogens is 1. The van der Waals surface area contributed by atoms with Gasteiger partial charge >= 0.3 is 5.97 Å². The van der Waals surface area contributed by atoms with Crippen molar-refractivity contribution in [2.45, 2.75) is 6.92 Å². The number of amides is 1. The van der Waals surface area contributed by atoms with Gasteiger partial charge in [-0.2, -0.15) is 0 Å². The minimum atomic E-state index is -1.06. The number of carbonyl (C=O) groups excluding carboxylic acids is 3. The van der Waals surface area contributed by atoms with Crippen LogP contribution in [0.1, 0.15) is 17.3 Å². The van der Waals surface area contributed by atoms with Crippen LogP contribution in [-0.4, -0.2) is 29.2 Å². The van der Waals surface area contributed by atoms with Crippen LogP contribution in [-0.2, 0) is 9.59 Å². The molecule has 0 bridgehead atoms. The molecule has 6 heteroatoms. The van der Waals surface area contributed by atoms with E-state index in [9.17, 15) is 14.4 Å². The zero-order valence-corrected chi connectivity index (χ0v) is 12.6. The number of Topliss-reactive ketones (excluding diaryl/α,β-unsaturated/α-hetero) is 1. The number of ether oxygens (including phenoxy) is 1. The topological polar surface area (TPSA) is 85.4 Å². The molecule has 1 aromatic carbocycles. The summed E-state index contributed by atoms with van der Waals surface area (Å²) in [5, 5.41) is 2.55. The summed E-state index contributed by atoms with van der Waals surface area (Å²) >= 11 is 0. The molecule has 0 saturated heterocycles. The summed E-state index contributed by atoms with van der Waals surface area (Å²) in [4.78, 5) is 39.5. The maximum atomic E-state index is 12.1. The van der Waals surface area contributed by atoms with Crippen molar-refractivity contribution in [2.24, 2.45) is 5.92 Å². The van der Waals surface area contributed by atoms with E-state index in [1.165, 1.54) is 13.1 Å². The number of benzene rings is 1. The molecule has 118 valence electrons. The van der Waals surface area contributed by atoms with Crippen LogP contribution in [0, 0.1) is 5.92 Å². The number of nitrogens with one attached hydrogen (secondary N) is 1. The van der Waals surface area contributed by atoms with Crippen LogP contribution in [0.2, 0.25) is 0 Å². The summed E-state index contributed by atoms with van der Waals surface area (Å²) in [5.41, 5.74) is 0.353. The van der Waals surface area contributed by atoms with Gasteiger partial charge in [0.1, 0.15) is 17.5 Å². The highest BCUT2D eigenvalue weighted by Gasteiger charge is 2.26. The molecule has 2 aromatic rings. The van der Waals surface area contributed by atoms with E-state index in [4.69, 9.17) is 4.74 Å². The van der Waals surface area contributed by atoms with Gasteiger partial charge in [-0.1, -0.05) is 18.2 Å². The molecule has 1 N–H and O–H groups in total. The molecule has 1 aromatic heterocycles. The van der Waals surface area contributed by atoms with Gasteiger partial charge in [-0.25, -0.2) is 0 Å². The van der Waals surface area contributed by atoms with Crippen LogP contribution in [0.4, 0.5) is 0 Å². The lowest BCUT2D eigenvalue weighted by Gasteiger charge is -2.14. The molecule has 1 amide bonds. The van der Waals surface area contributed by atoms with Crippen molar-refractivity contribution >= 4 is 17.7 Å². The fraction of sp³-hybridized carbons (Fsp3) is 0.176. The number of nitrogens with zero attached hydrogens (tertiary/aromatic N) is 1. The molecular formula is C17H16N2O4. The number of pyridine rings is 1. The van der Waals surface area contributed by atoms with Crippen LogP contribution in [0.3, 0.4) is 0 Å². The summed E-state index contributed by atoms with van der Waals surface area (Å²) < 4.78 is 5.15. The highest BCUT2D eigenvalue weighted by Crippen LogP contribution is 2.11. The Kier molecular flexibility index (Phi) is 5.57. The molecular weight excluding hydrogens is 296 g/mol. The first-order valence-corrected chi connectivity index (χ1v) is 7.03. The second-order valence-electron chi connectivity index (χ2n) is 4.85. The van der Waals surface area contributed by atoms with Crippen LogP contribution < -0.4 is 10.1 Å². The first kappa shape index (κ1) is 16.4. The average Bonchev–Trinajstić information content (AvgIpc) is 2.56. The first-order chi connectivity index (χ1) is 11.1. The number of hydrogen-bond acceptors (Lipinski definition) is 5. The van der Waals surface area contributed by atoms with Crippen molar-refractivity contribution < 1.29 is 19.1 Å². The molecule has 23 heavy (non-hydrogen) atoms. The predicted octanol–water partition coefficient (Wildman–Crippen LogP) is 1.62. The van der Waals surface area contributed by atoms with Gasteiger partial charge in [-0.3, -0.25) is 19.4 Å². The molecule has 2 rings (SSSR count). The fourth-order valence-electron chi connectivity index (χ4n) is 1.86. The Labute approximate surface area is 133 Å². The first-order valence-electron chi connectivity index (χ1n) is 7.03. The number of rotatable bonds is 6. The van der Waals surface area contributed by atoms with Crippen molar-refractivity contribution in [3.05, 3.63) is 60.4 Å². The predicted molar refractivity (Wildman–Crippen MR) is 82.8 cm³/mol. The molecule has 0 spiro atoms. The lowest BCUT2D eigenvalue weighted by molar-refractivity contribution is -0.143. The molecule has 0 aliphatic carbocycles. The lowest BCUT2D eigenvalue weighted by atomic mass is 10.1. The van der Waals surface area contributed by atoms with Gasteiger partial charge in [0.2, 0.25) is 0 Å². The SMILES string of the molecule is CC(=O)C(CNC(=O)c1cccnc1)C(=O)Oc1ccccc1. The van der Waals surface area contributed by atoms with E-state index in [1.54, 1.807) is 48.7 Å². The largest absolute Gasteiger partial charge is 0.426 e. The fourth-order valence-corrected chi connectivity index (χ4v) is 1.86. The minimum Gasteiger partial charge on any atom is -0.426 e. The maximum Gasteiger partial charge on any atom is 0.323 e. The molecule has 1 atom stereocenters. The monoisotopic (exact) mass is 312 g/mol. The smallest absolute Gasteiger partial charge is 0.323 e. The number of hydrogen-bond donors (Lipinski definition) is 1. The molecule has 0 radical (unpaired) electrons. The van der Waals surface area contributed by atoms with E-state index in [0.717, 1.165) is 0 Å². The quantitative estimate of drug-likeness (QED) is 0.498. The Morgan fingerprint density at radius 3 is 2.48 bits per heavy atom. The Balaban J connectivity index is 1.97. The van der Waals surface area contributed by atoms with Crippen molar-refractivity contribution in [1.82, 2.24) is 10.3 Å². The highest BCUT2D eigenvalue weighted by molar-refractivity contribution is 6.00. The summed E-state index contributed by atoms with van der Waals surface area (Å²) in [7, 11) is 0. The van der Waals surface area contributed by atoms with Gasteiger partial charge in [-0.05, 0) is 31.2 Å². The van der Waals surface area contributed by atoms with Gasteiger partial charge < -0.3 is 10.1 Å². The standard InChI is InChI=1S/C17H16N2O4/c1-12(20)15(17(22)23-14-7-3-2-4-8-14)11-19-16(21)13-6-5-9-18-10-13/h2-10,15H,11H2,1H3,(H,19,21). The van der Waals surface area contributed by atoms with Gasteiger partial charge in [0.15, 0.2) is 0 Å². The summed E-state index contributed by atoms with van der Waals surface area (Å²) in [6, 6.07) is 11.7. The average molecular weight is 312 g/mol. The minimum absolute atomic E-state index is 0.130. The molecule has 1 unspecified atom stereocenters. The van der Waals surface area contributed by atoms with Gasteiger partial charge in [0.05, 0.1) is 5.56 Å². The third-order valence-corrected chi connectivity index (χ3v) is 3.13. The van der Waals surface area contributed by atoms with Crippen molar-refractivity contribution in [2.75, 3.05) is 6.54 Å². The second-order valence-corrected chi connectivity index (χ2v) is 4.85. The maximum absolute atomic E-state index is 12.1. The highest BCUT2D eigenvalue weighted by atomic mass is 16.5. The molecule has 6 nitrogen and oxygen atoms in total. The number of ketones is 1. The zero-order chi connectivity index (χ0) is 16.7. The van der Waals surface area contributed by atoms with E-state index in [2.05, 4.69) is 10.3 Å². The number of esters is 1. The van der Waals surface area contributed by atoms with Crippen LogP contribution in [0.15, 0.2) is 54.9 Å². The van der Waals surface area contributed by atoms with Gasteiger partial charge in [0.25, 0.3) is 5.91 Å². The Hall–Kier alpha value is -3.02. The third kappa shape index (κ3) is 4.74. The summed E-state index contributed by atoms with van der Waals surface area (Å²) in [6.45, 7) is 1.15. The van der Waals surface area contributed by atoms with E-state index in [-0.39, 0.29) is 12.3 Å². The third-order valence-electron chi connectivity index (χ3n) is 3.13. The van der Waals surface area contributed by atoms with Crippen LogP contribution in [0.5, 0.6) is 5.75 Å². The Bertz CT molecular complexity index is 686.